The van der Waals surface area contributed by atoms with E-state index >= 15 is 0 Å². The molecule has 1 aliphatic heterocycles. The van der Waals surface area contributed by atoms with Gasteiger partial charge in [0.15, 0.2) is 6.29 Å². The fourth-order valence-electron chi connectivity index (χ4n) is 2.09. The van der Waals surface area contributed by atoms with Crippen molar-refractivity contribution in [2.24, 2.45) is 0 Å². The third-order valence-electron chi connectivity index (χ3n) is 3.11. The highest BCUT2D eigenvalue weighted by Crippen LogP contribution is 2.20. The number of aryl methyl sites for hydroxylation is 1. The standard InChI is InChI=1S/C14H19BrO2/c1-2-11-9-13(15)7-6-12(11)10-17-14-5-3-4-8-16-14/h6-7,9,14H,2-5,8,10H2,1H3. The van der Waals surface area contributed by atoms with Crippen LogP contribution >= 0.6 is 15.9 Å². The van der Waals surface area contributed by atoms with Gasteiger partial charge in [-0.2, -0.15) is 0 Å². The molecule has 1 saturated heterocycles. The van der Waals surface area contributed by atoms with Gasteiger partial charge in [-0.05, 0) is 48.9 Å². The summed E-state index contributed by atoms with van der Waals surface area (Å²) in [5, 5.41) is 0. The summed E-state index contributed by atoms with van der Waals surface area (Å²) in [6.07, 6.45) is 4.43. The zero-order chi connectivity index (χ0) is 12.1. The van der Waals surface area contributed by atoms with Crippen molar-refractivity contribution in [3.63, 3.8) is 0 Å². The van der Waals surface area contributed by atoms with Crippen molar-refractivity contribution in [1.82, 2.24) is 0 Å². The van der Waals surface area contributed by atoms with Crippen LogP contribution in [0.15, 0.2) is 22.7 Å². The maximum absolute atomic E-state index is 5.81. The number of halogens is 1. The summed E-state index contributed by atoms with van der Waals surface area (Å²) in [5.41, 5.74) is 2.61. The smallest absolute Gasteiger partial charge is 0.158 e. The van der Waals surface area contributed by atoms with E-state index < -0.39 is 0 Å². The van der Waals surface area contributed by atoms with Gasteiger partial charge in [-0.25, -0.2) is 0 Å². The predicted octanol–water partition coefficient (Wildman–Crippen LogP) is 4.05. The highest BCUT2D eigenvalue weighted by molar-refractivity contribution is 9.10. The molecule has 17 heavy (non-hydrogen) atoms. The molecule has 2 rings (SSSR count). The molecular formula is C14H19BrO2. The summed E-state index contributed by atoms with van der Waals surface area (Å²) < 4.78 is 12.5. The zero-order valence-electron chi connectivity index (χ0n) is 10.2. The van der Waals surface area contributed by atoms with Crippen LogP contribution in [-0.4, -0.2) is 12.9 Å². The van der Waals surface area contributed by atoms with Crippen molar-refractivity contribution in [2.75, 3.05) is 6.61 Å². The van der Waals surface area contributed by atoms with Crippen LogP contribution in [0.1, 0.15) is 37.3 Å². The summed E-state index contributed by atoms with van der Waals surface area (Å²) in [7, 11) is 0. The fraction of sp³-hybridized carbons (Fsp3) is 0.571. The lowest BCUT2D eigenvalue weighted by Gasteiger charge is -2.23. The monoisotopic (exact) mass is 298 g/mol. The lowest BCUT2D eigenvalue weighted by molar-refractivity contribution is -0.169. The van der Waals surface area contributed by atoms with Gasteiger partial charge < -0.3 is 9.47 Å². The second kappa shape index (κ2) is 6.53. The first-order valence-corrected chi connectivity index (χ1v) is 7.09. The van der Waals surface area contributed by atoms with E-state index in [1.54, 1.807) is 0 Å². The van der Waals surface area contributed by atoms with Crippen LogP contribution in [0.25, 0.3) is 0 Å². The van der Waals surface area contributed by atoms with Crippen LogP contribution in [0.2, 0.25) is 0 Å². The molecule has 0 aliphatic carbocycles. The number of hydrogen-bond acceptors (Lipinski definition) is 2. The molecule has 0 N–H and O–H groups in total. The van der Waals surface area contributed by atoms with Crippen LogP contribution < -0.4 is 0 Å². The number of benzene rings is 1. The molecule has 1 heterocycles. The number of ether oxygens (including phenoxy) is 2. The predicted molar refractivity (Wildman–Crippen MR) is 71.9 cm³/mol. The number of rotatable bonds is 4. The van der Waals surface area contributed by atoms with E-state index in [9.17, 15) is 0 Å². The second-order valence-electron chi connectivity index (χ2n) is 4.37. The molecule has 94 valence electrons. The molecule has 0 spiro atoms. The van der Waals surface area contributed by atoms with E-state index in [4.69, 9.17) is 9.47 Å². The minimum atomic E-state index is -0.00268. The summed E-state index contributed by atoms with van der Waals surface area (Å²) in [5.74, 6) is 0. The lowest BCUT2D eigenvalue weighted by Crippen LogP contribution is -2.22. The molecule has 1 atom stereocenters. The first-order chi connectivity index (χ1) is 8.29. The van der Waals surface area contributed by atoms with Gasteiger partial charge in [0.2, 0.25) is 0 Å². The van der Waals surface area contributed by atoms with Gasteiger partial charge in [-0.1, -0.05) is 28.9 Å². The maximum Gasteiger partial charge on any atom is 0.158 e. The molecule has 1 aliphatic rings. The highest BCUT2D eigenvalue weighted by atomic mass is 79.9. The lowest BCUT2D eigenvalue weighted by atomic mass is 10.1. The van der Waals surface area contributed by atoms with Crippen LogP contribution in [-0.2, 0) is 22.5 Å². The molecular weight excluding hydrogens is 280 g/mol. The summed E-state index contributed by atoms with van der Waals surface area (Å²) in [4.78, 5) is 0. The minimum Gasteiger partial charge on any atom is -0.353 e. The Labute approximate surface area is 111 Å². The SMILES string of the molecule is CCc1cc(Br)ccc1COC1CCCCO1. The van der Waals surface area contributed by atoms with Crippen molar-refractivity contribution in [2.45, 2.75) is 45.5 Å². The normalized spacial score (nSPS) is 20.5. The van der Waals surface area contributed by atoms with Crippen molar-refractivity contribution < 1.29 is 9.47 Å². The Morgan fingerprint density at radius 3 is 2.94 bits per heavy atom. The van der Waals surface area contributed by atoms with Crippen molar-refractivity contribution in [3.8, 4) is 0 Å². The Balaban J connectivity index is 1.93. The van der Waals surface area contributed by atoms with Crippen LogP contribution in [0, 0.1) is 0 Å². The topological polar surface area (TPSA) is 18.5 Å². The largest absolute Gasteiger partial charge is 0.353 e. The molecule has 1 aromatic rings. The molecule has 3 heteroatoms. The average molecular weight is 299 g/mol. The number of hydrogen-bond donors (Lipinski definition) is 0. The summed E-state index contributed by atoms with van der Waals surface area (Å²) >= 11 is 3.50. The molecule has 0 saturated carbocycles. The van der Waals surface area contributed by atoms with E-state index in [1.807, 2.05) is 0 Å². The van der Waals surface area contributed by atoms with E-state index in [1.165, 1.54) is 24.0 Å². The second-order valence-corrected chi connectivity index (χ2v) is 5.29. The molecule has 2 nitrogen and oxygen atoms in total. The molecule has 0 bridgehead atoms. The van der Waals surface area contributed by atoms with Gasteiger partial charge in [-0.3, -0.25) is 0 Å². The van der Waals surface area contributed by atoms with Crippen LogP contribution in [0.3, 0.4) is 0 Å². The van der Waals surface area contributed by atoms with E-state index in [2.05, 4.69) is 41.1 Å². The van der Waals surface area contributed by atoms with E-state index in [-0.39, 0.29) is 6.29 Å². The Bertz CT molecular complexity index is 359. The zero-order valence-corrected chi connectivity index (χ0v) is 11.8. The minimum absolute atomic E-state index is 0.00268. The van der Waals surface area contributed by atoms with Gasteiger partial charge in [-0.15, -0.1) is 0 Å². The van der Waals surface area contributed by atoms with Gasteiger partial charge >= 0.3 is 0 Å². The van der Waals surface area contributed by atoms with Gasteiger partial charge in [0.05, 0.1) is 6.61 Å². The fourth-order valence-corrected chi connectivity index (χ4v) is 2.50. The molecule has 0 aromatic heterocycles. The first-order valence-electron chi connectivity index (χ1n) is 6.30. The first kappa shape index (κ1) is 13.1. The third kappa shape index (κ3) is 3.80. The van der Waals surface area contributed by atoms with E-state index in [0.717, 1.165) is 23.9 Å². The Morgan fingerprint density at radius 1 is 1.35 bits per heavy atom. The van der Waals surface area contributed by atoms with E-state index in [0.29, 0.717) is 6.61 Å². The summed E-state index contributed by atoms with van der Waals surface area (Å²) in [6, 6.07) is 6.37. The Kier molecular flexibility index (Phi) is 5.01. The van der Waals surface area contributed by atoms with Crippen LogP contribution in [0.4, 0.5) is 0 Å². The molecule has 1 fully saturated rings. The highest BCUT2D eigenvalue weighted by Gasteiger charge is 2.14. The van der Waals surface area contributed by atoms with Gasteiger partial charge in [0.1, 0.15) is 0 Å². The Morgan fingerprint density at radius 2 is 2.24 bits per heavy atom. The van der Waals surface area contributed by atoms with Gasteiger partial charge in [0.25, 0.3) is 0 Å². The van der Waals surface area contributed by atoms with Crippen molar-refractivity contribution >= 4 is 15.9 Å². The van der Waals surface area contributed by atoms with Crippen molar-refractivity contribution in [3.05, 3.63) is 33.8 Å². The molecule has 1 unspecified atom stereocenters. The Hall–Kier alpha value is -0.380. The summed E-state index contributed by atoms with van der Waals surface area (Å²) in [6.45, 7) is 3.66. The van der Waals surface area contributed by atoms with Crippen LogP contribution in [0.5, 0.6) is 0 Å². The maximum atomic E-state index is 5.81. The average Bonchev–Trinajstić information content (AvgIpc) is 2.38. The molecule has 0 radical (unpaired) electrons. The van der Waals surface area contributed by atoms with Crippen molar-refractivity contribution in [1.29, 1.82) is 0 Å². The van der Waals surface area contributed by atoms with Gasteiger partial charge in [0, 0.05) is 11.1 Å². The quantitative estimate of drug-likeness (QED) is 0.835. The molecule has 0 amide bonds. The third-order valence-corrected chi connectivity index (χ3v) is 3.61. The molecule has 1 aromatic carbocycles.